The fourth-order valence-electron chi connectivity index (χ4n) is 1.27. The van der Waals surface area contributed by atoms with Crippen molar-refractivity contribution in [2.24, 2.45) is 0 Å². The Morgan fingerprint density at radius 2 is 1.75 bits per heavy atom. The van der Waals surface area contributed by atoms with Gasteiger partial charge in [0.25, 0.3) is 0 Å². The van der Waals surface area contributed by atoms with Crippen LogP contribution in [0.2, 0.25) is 0 Å². The smallest absolute Gasteiger partial charge is 0.184 e. The van der Waals surface area contributed by atoms with Crippen LogP contribution < -0.4 is 0 Å². The van der Waals surface area contributed by atoms with Crippen LogP contribution in [0.1, 0.15) is 6.92 Å². The van der Waals surface area contributed by atoms with Gasteiger partial charge >= 0.3 is 0 Å². The van der Waals surface area contributed by atoms with Crippen molar-refractivity contribution in [1.82, 2.24) is 0 Å². The molecule has 1 rings (SSSR count). The summed E-state index contributed by atoms with van der Waals surface area (Å²) in [6, 6.07) is 0. The van der Waals surface area contributed by atoms with E-state index in [-0.39, 0.29) is 0 Å². The highest BCUT2D eigenvalue weighted by molar-refractivity contribution is 4.87. The lowest BCUT2D eigenvalue weighted by atomic mass is 10.00. The molecule has 1 heterocycles. The molecule has 0 saturated carbocycles. The van der Waals surface area contributed by atoms with Crippen LogP contribution in [-0.4, -0.2) is 53.1 Å². The fourth-order valence-corrected chi connectivity index (χ4v) is 1.27. The van der Waals surface area contributed by atoms with Crippen molar-refractivity contribution < 1.29 is 24.8 Å². The molecule has 0 aromatic rings. The Balaban J connectivity index is 2.65. The predicted molar refractivity (Wildman–Crippen MR) is 39.4 cm³/mol. The van der Waals surface area contributed by atoms with E-state index in [1.165, 1.54) is 7.11 Å². The van der Waals surface area contributed by atoms with Gasteiger partial charge in [-0.3, -0.25) is 0 Å². The highest BCUT2D eigenvalue weighted by atomic mass is 16.7. The molecule has 5 nitrogen and oxygen atoms in total. The number of ether oxygens (including phenoxy) is 2. The Kier molecular flexibility index (Phi) is 3.03. The maximum Gasteiger partial charge on any atom is 0.184 e. The summed E-state index contributed by atoms with van der Waals surface area (Å²) in [5.74, 6) is 0. The first-order chi connectivity index (χ1) is 5.57. The van der Waals surface area contributed by atoms with E-state index in [0.717, 1.165) is 0 Å². The molecule has 0 aromatic carbocycles. The normalized spacial score (nSPS) is 49.2. The second kappa shape index (κ2) is 3.68. The number of rotatable bonds is 1. The largest absolute Gasteiger partial charge is 0.388 e. The third-order valence-corrected chi connectivity index (χ3v) is 2.07. The highest BCUT2D eigenvalue weighted by Gasteiger charge is 2.41. The summed E-state index contributed by atoms with van der Waals surface area (Å²) in [7, 11) is 1.34. The number of aliphatic hydroxyl groups is 3. The maximum atomic E-state index is 9.36. The summed E-state index contributed by atoms with van der Waals surface area (Å²) in [5.41, 5.74) is 0. The number of aliphatic hydroxyl groups excluding tert-OH is 3. The van der Waals surface area contributed by atoms with Gasteiger partial charge in [0.15, 0.2) is 6.29 Å². The molecule has 72 valence electrons. The minimum Gasteiger partial charge on any atom is -0.388 e. The molecule has 1 fully saturated rings. The summed E-state index contributed by atoms with van der Waals surface area (Å²) in [6.45, 7) is 1.57. The standard InChI is InChI=1S/C7H14O5/c1-3-4(8)5(9)6(11-2)7(10)12-3/h3-10H,1-2H3/t3-,4?,5+,6?,7+/m0/s1. The Morgan fingerprint density at radius 1 is 1.17 bits per heavy atom. The Bertz CT molecular complexity index is 151. The first-order valence-electron chi connectivity index (χ1n) is 3.80. The molecular formula is C7H14O5. The maximum absolute atomic E-state index is 9.36. The van der Waals surface area contributed by atoms with Gasteiger partial charge in [0, 0.05) is 7.11 Å². The van der Waals surface area contributed by atoms with Crippen LogP contribution in [0.15, 0.2) is 0 Å². The zero-order chi connectivity index (χ0) is 9.30. The molecule has 1 aliphatic heterocycles. The Hall–Kier alpha value is -0.200. The van der Waals surface area contributed by atoms with Crippen LogP contribution in [-0.2, 0) is 9.47 Å². The van der Waals surface area contributed by atoms with E-state index in [0.29, 0.717) is 0 Å². The van der Waals surface area contributed by atoms with Crippen molar-refractivity contribution in [3.05, 3.63) is 0 Å². The van der Waals surface area contributed by atoms with Gasteiger partial charge in [-0.25, -0.2) is 0 Å². The molecule has 0 spiro atoms. The average Bonchev–Trinajstić information content (AvgIpc) is 2.01. The Morgan fingerprint density at radius 3 is 2.25 bits per heavy atom. The van der Waals surface area contributed by atoms with Crippen LogP contribution >= 0.6 is 0 Å². The molecule has 1 saturated heterocycles. The van der Waals surface area contributed by atoms with Crippen LogP contribution in [0.5, 0.6) is 0 Å². The van der Waals surface area contributed by atoms with Gasteiger partial charge in [-0.05, 0) is 6.92 Å². The van der Waals surface area contributed by atoms with Gasteiger partial charge in [0.2, 0.25) is 0 Å². The lowest BCUT2D eigenvalue weighted by Gasteiger charge is -2.38. The number of methoxy groups -OCH3 is 1. The van der Waals surface area contributed by atoms with Gasteiger partial charge < -0.3 is 24.8 Å². The first-order valence-corrected chi connectivity index (χ1v) is 3.80. The minimum absolute atomic E-state index is 0.582. The molecule has 5 atom stereocenters. The summed E-state index contributed by atoms with van der Waals surface area (Å²) >= 11 is 0. The monoisotopic (exact) mass is 178 g/mol. The van der Waals surface area contributed by atoms with E-state index in [9.17, 15) is 15.3 Å². The van der Waals surface area contributed by atoms with Crippen LogP contribution in [0.4, 0.5) is 0 Å². The SMILES string of the molecule is COC1[C@H](O)C(O)[C@H](C)O[C@H]1O. The zero-order valence-corrected chi connectivity index (χ0v) is 7.04. The van der Waals surface area contributed by atoms with Crippen LogP contribution in [0.3, 0.4) is 0 Å². The lowest BCUT2D eigenvalue weighted by molar-refractivity contribution is -0.283. The number of hydrogen-bond donors (Lipinski definition) is 3. The molecule has 0 aromatic heterocycles. The zero-order valence-electron chi connectivity index (χ0n) is 7.04. The van der Waals surface area contributed by atoms with E-state index in [1.807, 2.05) is 0 Å². The quantitative estimate of drug-likeness (QED) is 0.453. The third-order valence-electron chi connectivity index (χ3n) is 2.07. The summed E-state index contributed by atoms with van der Waals surface area (Å²) in [5, 5.41) is 27.9. The third kappa shape index (κ3) is 1.60. The second-order valence-corrected chi connectivity index (χ2v) is 2.91. The molecule has 0 aliphatic carbocycles. The highest BCUT2D eigenvalue weighted by Crippen LogP contribution is 2.20. The van der Waals surface area contributed by atoms with Gasteiger partial charge in [-0.2, -0.15) is 0 Å². The predicted octanol–water partition coefficient (Wildman–Crippen LogP) is -1.54. The average molecular weight is 178 g/mol. The summed E-state index contributed by atoms with van der Waals surface area (Å²) < 4.78 is 9.64. The Labute approximate surface area is 70.5 Å². The summed E-state index contributed by atoms with van der Waals surface area (Å²) in [4.78, 5) is 0. The van der Waals surface area contributed by atoms with Crippen LogP contribution in [0.25, 0.3) is 0 Å². The van der Waals surface area contributed by atoms with Gasteiger partial charge in [-0.15, -0.1) is 0 Å². The molecule has 0 radical (unpaired) electrons. The molecule has 5 heteroatoms. The van der Waals surface area contributed by atoms with Gasteiger partial charge in [0.1, 0.15) is 18.3 Å². The van der Waals surface area contributed by atoms with E-state index in [1.54, 1.807) is 6.92 Å². The fraction of sp³-hybridized carbons (Fsp3) is 1.00. The summed E-state index contributed by atoms with van der Waals surface area (Å²) in [6.07, 6.45) is -4.76. The van der Waals surface area contributed by atoms with Crippen molar-refractivity contribution in [3.8, 4) is 0 Å². The van der Waals surface area contributed by atoms with Gasteiger partial charge in [0.05, 0.1) is 6.10 Å². The van der Waals surface area contributed by atoms with Crippen molar-refractivity contribution in [1.29, 1.82) is 0 Å². The topological polar surface area (TPSA) is 79.2 Å². The van der Waals surface area contributed by atoms with Crippen LogP contribution in [0, 0.1) is 0 Å². The van der Waals surface area contributed by atoms with E-state index < -0.39 is 30.7 Å². The van der Waals surface area contributed by atoms with Gasteiger partial charge in [-0.1, -0.05) is 0 Å². The van der Waals surface area contributed by atoms with Crippen molar-refractivity contribution in [2.75, 3.05) is 7.11 Å². The molecule has 1 aliphatic rings. The molecular weight excluding hydrogens is 164 g/mol. The van der Waals surface area contributed by atoms with Crippen molar-refractivity contribution >= 4 is 0 Å². The second-order valence-electron chi connectivity index (χ2n) is 2.91. The van der Waals surface area contributed by atoms with Crippen molar-refractivity contribution in [2.45, 2.75) is 37.6 Å². The first kappa shape index (κ1) is 9.88. The molecule has 2 unspecified atom stereocenters. The van der Waals surface area contributed by atoms with E-state index in [2.05, 4.69) is 0 Å². The molecule has 0 amide bonds. The molecule has 12 heavy (non-hydrogen) atoms. The lowest BCUT2D eigenvalue weighted by Crippen LogP contribution is -2.57. The number of hydrogen-bond acceptors (Lipinski definition) is 5. The molecule has 3 N–H and O–H groups in total. The van der Waals surface area contributed by atoms with Crippen molar-refractivity contribution in [3.63, 3.8) is 0 Å². The molecule has 0 bridgehead atoms. The minimum atomic E-state index is -1.18. The van der Waals surface area contributed by atoms with E-state index in [4.69, 9.17) is 9.47 Å². The van der Waals surface area contributed by atoms with E-state index >= 15 is 0 Å².